The molecule has 1 atom stereocenters. The van der Waals surface area contributed by atoms with Crippen molar-refractivity contribution in [3.8, 4) is 0 Å². The second kappa shape index (κ2) is 8.82. The summed E-state index contributed by atoms with van der Waals surface area (Å²) in [5, 5.41) is 5.50. The van der Waals surface area contributed by atoms with Gasteiger partial charge in [-0.15, -0.1) is 0 Å². The molecule has 2 aromatic carbocycles. The average molecular weight is 343 g/mol. The van der Waals surface area contributed by atoms with Crippen molar-refractivity contribution in [1.29, 1.82) is 0 Å². The molecule has 0 aromatic heterocycles. The lowest BCUT2D eigenvalue weighted by molar-refractivity contribution is -0.128. The van der Waals surface area contributed by atoms with Gasteiger partial charge in [0.05, 0.1) is 6.04 Å². The van der Waals surface area contributed by atoms with Crippen LogP contribution in [0.2, 0.25) is 0 Å². The minimum Gasteiger partial charge on any atom is -0.349 e. The maximum absolute atomic E-state index is 13.6. The van der Waals surface area contributed by atoms with Crippen LogP contribution in [-0.4, -0.2) is 37.5 Å². The Hall–Kier alpha value is -2.89. The molecular weight excluding hydrogens is 321 g/mol. The van der Waals surface area contributed by atoms with E-state index in [0.29, 0.717) is 5.56 Å². The summed E-state index contributed by atoms with van der Waals surface area (Å²) in [6.45, 7) is 0.230. The Morgan fingerprint density at radius 2 is 1.72 bits per heavy atom. The van der Waals surface area contributed by atoms with E-state index in [1.807, 2.05) is 30.3 Å². The highest BCUT2D eigenvalue weighted by Gasteiger charge is 2.17. The van der Waals surface area contributed by atoms with Crippen molar-refractivity contribution in [2.24, 2.45) is 0 Å². The average Bonchev–Trinajstić information content (AvgIpc) is 2.60. The van der Waals surface area contributed by atoms with Gasteiger partial charge in [0.1, 0.15) is 5.82 Å². The van der Waals surface area contributed by atoms with Gasteiger partial charge in [0.2, 0.25) is 5.91 Å². The summed E-state index contributed by atoms with van der Waals surface area (Å²) in [5.74, 6) is -0.428. The maximum Gasteiger partial charge on any atom is 0.315 e. The van der Waals surface area contributed by atoms with Gasteiger partial charge < -0.3 is 15.5 Å². The zero-order chi connectivity index (χ0) is 18.2. The van der Waals surface area contributed by atoms with Crippen LogP contribution in [0.4, 0.5) is 9.18 Å². The Balaban J connectivity index is 2.06. The van der Waals surface area contributed by atoms with Crippen molar-refractivity contribution in [2.75, 3.05) is 20.6 Å². The zero-order valence-corrected chi connectivity index (χ0v) is 14.3. The van der Waals surface area contributed by atoms with Crippen LogP contribution >= 0.6 is 0 Å². The van der Waals surface area contributed by atoms with Crippen molar-refractivity contribution >= 4 is 11.9 Å². The van der Waals surface area contributed by atoms with E-state index in [2.05, 4.69) is 10.6 Å². The highest BCUT2D eigenvalue weighted by molar-refractivity contribution is 5.78. The molecule has 0 unspecified atom stereocenters. The van der Waals surface area contributed by atoms with Crippen LogP contribution in [-0.2, 0) is 4.79 Å². The molecule has 2 N–H and O–H groups in total. The first-order valence-corrected chi connectivity index (χ1v) is 8.02. The van der Waals surface area contributed by atoms with Crippen LogP contribution in [0.15, 0.2) is 54.6 Å². The smallest absolute Gasteiger partial charge is 0.315 e. The van der Waals surface area contributed by atoms with Crippen LogP contribution in [0.25, 0.3) is 0 Å². The summed E-state index contributed by atoms with van der Waals surface area (Å²) < 4.78 is 13.6. The molecule has 0 aliphatic heterocycles. The van der Waals surface area contributed by atoms with Gasteiger partial charge in [-0.3, -0.25) is 4.79 Å². The number of rotatable bonds is 6. The molecule has 0 saturated heterocycles. The third-order valence-corrected chi connectivity index (χ3v) is 3.71. The molecule has 0 bridgehead atoms. The van der Waals surface area contributed by atoms with Gasteiger partial charge in [0.15, 0.2) is 0 Å². The maximum atomic E-state index is 13.6. The first-order valence-electron chi connectivity index (χ1n) is 8.02. The highest BCUT2D eigenvalue weighted by Crippen LogP contribution is 2.22. The molecule has 0 fully saturated rings. The van der Waals surface area contributed by atoms with Crippen molar-refractivity contribution in [3.63, 3.8) is 0 Å². The number of benzene rings is 2. The van der Waals surface area contributed by atoms with Gasteiger partial charge in [0.25, 0.3) is 0 Å². The third-order valence-electron chi connectivity index (χ3n) is 3.71. The highest BCUT2D eigenvalue weighted by atomic mass is 19.1. The molecule has 132 valence electrons. The fourth-order valence-electron chi connectivity index (χ4n) is 2.38. The normalized spacial score (nSPS) is 11.5. The minimum atomic E-state index is -0.485. The van der Waals surface area contributed by atoms with E-state index in [4.69, 9.17) is 0 Å². The van der Waals surface area contributed by atoms with Crippen LogP contribution in [0.5, 0.6) is 0 Å². The molecule has 0 saturated carbocycles. The predicted octanol–water partition coefficient (Wildman–Crippen LogP) is 2.69. The SMILES string of the molecule is CN(C)C(=O)CCNC(=O)N[C@@H](c1ccccc1)c1cccc(F)c1. The Kier molecular flexibility index (Phi) is 6.51. The number of hydrogen-bond donors (Lipinski definition) is 2. The Morgan fingerprint density at radius 3 is 2.36 bits per heavy atom. The fourth-order valence-corrected chi connectivity index (χ4v) is 2.38. The van der Waals surface area contributed by atoms with E-state index in [1.54, 1.807) is 26.2 Å². The summed E-state index contributed by atoms with van der Waals surface area (Å²) >= 11 is 0. The molecule has 2 aromatic rings. The molecule has 0 aliphatic carbocycles. The molecule has 25 heavy (non-hydrogen) atoms. The summed E-state index contributed by atoms with van der Waals surface area (Å²) in [4.78, 5) is 25.2. The van der Waals surface area contributed by atoms with Gasteiger partial charge in [-0.05, 0) is 23.3 Å². The lowest BCUT2D eigenvalue weighted by Gasteiger charge is -2.20. The number of nitrogens with zero attached hydrogens (tertiary/aromatic N) is 1. The second-order valence-electron chi connectivity index (χ2n) is 5.84. The molecular formula is C19H22FN3O2. The van der Waals surface area contributed by atoms with Crippen LogP contribution in [0.3, 0.4) is 0 Å². The summed E-state index contributed by atoms with van der Waals surface area (Å²) in [5.41, 5.74) is 1.48. The van der Waals surface area contributed by atoms with E-state index in [1.165, 1.54) is 17.0 Å². The largest absolute Gasteiger partial charge is 0.349 e. The summed E-state index contributed by atoms with van der Waals surface area (Å²) in [6, 6.07) is 14.5. The lowest BCUT2D eigenvalue weighted by Crippen LogP contribution is -2.40. The Morgan fingerprint density at radius 1 is 1.04 bits per heavy atom. The molecule has 6 heteroatoms. The molecule has 0 heterocycles. The van der Waals surface area contributed by atoms with Crippen molar-refractivity contribution in [3.05, 3.63) is 71.5 Å². The van der Waals surface area contributed by atoms with Gasteiger partial charge >= 0.3 is 6.03 Å². The first-order chi connectivity index (χ1) is 12.0. The Labute approximate surface area is 146 Å². The number of hydrogen-bond acceptors (Lipinski definition) is 2. The lowest BCUT2D eigenvalue weighted by atomic mass is 9.99. The zero-order valence-electron chi connectivity index (χ0n) is 14.3. The molecule has 0 radical (unpaired) electrons. The van der Waals surface area contributed by atoms with Crippen molar-refractivity contribution in [2.45, 2.75) is 12.5 Å². The molecule has 0 spiro atoms. The van der Waals surface area contributed by atoms with Crippen LogP contribution in [0, 0.1) is 5.82 Å². The molecule has 5 nitrogen and oxygen atoms in total. The van der Waals surface area contributed by atoms with Gasteiger partial charge in [0, 0.05) is 27.1 Å². The van der Waals surface area contributed by atoms with E-state index >= 15 is 0 Å². The fraction of sp³-hybridized carbons (Fsp3) is 0.263. The number of halogens is 1. The molecule has 0 aliphatic rings. The van der Waals surface area contributed by atoms with E-state index < -0.39 is 12.1 Å². The second-order valence-corrected chi connectivity index (χ2v) is 5.84. The van der Waals surface area contributed by atoms with Crippen LogP contribution in [0.1, 0.15) is 23.6 Å². The third kappa shape index (κ3) is 5.60. The van der Waals surface area contributed by atoms with Gasteiger partial charge in [-0.2, -0.15) is 0 Å². The number of urea groups is 1. The van der Waals surface area contributed by atoms with E-state index in [9.17, 15) is 14.0 Å². The van der Waals surface area contributed by atoms with E-state index in [0.717, 1.165) is 5.56 Å². The first kappa shape index (κ1) is 18.4. The molecule has 3 amide bonds. The number of carbonyl (C=O) groups excluding carboxylic acids is 2. The van der Waals surface area contributed by atoms with Crippen molar-refractivity contribution < 1.29 is 14.0 Å². The minimum absolute atomic E-state index is 0.0648. The van der Waals surface area contributed by atoms with Crippen molar-refractivity contribution in [1.82, 2.24) is 15.5 Å². The monoisotopic (exact) mass is 343 g/mol. The van der Waals surface area contributed by atoms with E-state index in [-0.39, 0.29) is 24.7 Å². The molecule has 2 rings (SSSR count). The topological polar surface area (TPSA) is 61.4 Å². The number of carbonyl (C=O) groups is 2. The standard InChI is InChI=1S/C19H22FN3O2/c1-23(2)17(24)11-12-21-19(25)22-18(14-7-4-3-5-8-14)15-9-6-10-16(20)13-15/h3-10,13,18H,11-12H2,1-2H3,(H2,21,22,25)/t18-/m0/s1. The van der Waals surface area contributed by atoms with Gasteiger partial charge in [-0.25, -0.2) is 9.18 Å². The predicted molar refractivity (Wildman–Crippen MR) is 94.5 cm³/mol. The van der Waals surface area contributed by atoms with Gasteiger partial charge in [-0.1, -0.05) is 42.5 Å². The number of amides is 3. The summed E-state index contributed by atoms with van der Waals surface area (Å²) in [6.07, 6.45) is 0.219. The summed E-state index contributed by atoms with van der Waals surface area (Å²) in [7, 11) is 3.33. The quantitative estimate of drug-likeness (QED) is 0.847. The Bertz CT molecular complexity index is 720. The van der Waals surface area contributed by atoms with Crippen LogP contribution < -0.4 is 10.6 Å². The number of nitrogens with one attached hydrogen (secondary N) is 2.